The molecule has 0 aromatic rings. The number of urea groups is 1. The number of carbonyl (C=O) groups is 2. The first kappa shape index (κ1) is 16.1. The van der Waals surface area contributed by atoms with Crippen molar-refractivity contribution in [2.24, 2.45) is 0 Å². The van der Waals surface area contributed by atoms with Crippen LogP contribution < -0.4 is 0 Å². The van der Waals surface area contributed by atoms with Crippen molar-refractivity contribution in [3.8, 4) is 0 Å². The van der Waals surface area contributed by atoms with Crippen LogP contribution in [0.1, 0.15) is 33.6 Å². The first-order chi connectivity index (χ1) is 8.79. The molecular weight excluding hydrogens is 264 g/mol. The monoisotopic (exact) mass is 288 g/mol. The summed E-state index contributed by atoms with van der Waals surface area (Å²) in [5, 5.41) is 8.95. The molecule has 0 aromatic carbocycles. The maximum Gasteiger partial charge on any atom is 0.320 e. The first-order valence-electron chi connectivity index (χ1n) is 6.63. The van der Waals surface area contributed by atoms with Crippen LogP contribution in [0.25, 0.3) is 0 Å². The van der Waals surface area contributed by atoms with E-state index in [1.807, 2.05) is 20.8 Å². The minimum absolute atomic E-state index is 0.0269. The van der Waals surface area contributed by atoms with E-state index in [2.05, 4.69) is 0 Å². The van der Waals surface area contributed by atoms with E-state index in [1.54, 1.807) is 28.6 Å². The highest BCUT2D eigenvalue weighted by Crippen LogP contribution is 2.24. The highest BCUT2D eigenvalue weighted by Gasteiger charge is 2.34. The Kier molecular flexibility index (Phi) is 5.52. The molecule has 0 aromatic heterocycles. The van der Waals surface area contributed by atoms with Gasteiger partial charge in [-0.05, 0) is 20.3 Å². The Balaban J connectivity index is 2.79. The van der Waals surface area contributed by atoms with Gasteiger partial charge in [-0.25, -0.2) is 4.79 Å². The number of thioether (sulfide) groups is 1. The predicted octanol–water partition coefficient (Wildman–Crippen LogP) is 2.12. The summed E-state index contributed by atoms with van der Waals surface area (Å²) in [6, 6.07) is -0.253. The molecule has 1 saturated heterocycles. The smallest absolute Gasteiger partial charge is 0.320 e. The van der Waals surface area contributed by atoms with Crippen molar-refractivity contribution >= 4 is 23.8 Å². The van der Waals surface area contributed by atoms with Crippen molar-refractivity contribution in [1.29, 1.82) is 0 Å². The van der Waals surface area contributed by atoms with Gasteiger partial charge in [-0.15, -0.1) is 0 Å². The summed E-state index contributed by atoms with van der Waals surface area (Å²) < 4.78 is 0. The van der Waals surface area contributed by atoms with Crippen molar-refractivity contribution in [3.05, 3.63) is 0 Å². The SMILES string of the molecule is CCC(C)(C)N(C)C(=O)N1CCSCC1CC(=O)O. The second kappa shape index (κ2) is 6.50. The van der Waals surface area contributed by atoms with E-state index in [0.717, 1.165) is 12.2 Å². The fourth-order valence-corrected chi connectivity index (χ4v) is 3.03. The van der Waals surface area contributed by atoms with E-state index in [4.69, 9.17) is 5.11 Å². The molecule has 1 aliphatic heterocycles. The normalized spacial score (nSPS) is 20.2. The Morgan fingerprint density at radius 1 is 1.47 bits per heavy atom. The van der Waals surface area contributed by atoms with Gasteiger partial charge in [0.15, 0.2) is 0 Å². The fourth-order valence-electron chi connectivity index (χ4n) is 1.97. The summed E-state index contributed by atoms with van der Waals surface area (Å²) in [4.78, 5) is 26.9. The van der Waals surface area contributed by atoms with Crippen LogP contribution in [0.15, 0.2) is 0 Å². The molecule has 1 fully saturated rings. The van der Waals surface area contributed by atoms with Crippen molar-refractivity contribution in [1.82, 2.24) is 9.80 Å². The average Bonchev–Trinajstić information content (AvgIpc) is 2.37. The van der Waals surface area contributed by atoms with Crippen LogP contribution >= 0.6 is 11.8 Å². The number of hydrogen-bond donors (Lipinski definition) is 1. The summed E-state index contributed by atoms with van der Waals surface area (Å²) >= 11 is 1.72. The Labute approximate surface area is 119 Å². The van der Waals surface area contributed by atoms with Crippen LogP contribution in [0.5, 0.6) is 0 Å². The van der Waals surface area contributed by atoms with E-state index < -0.39 is 5.97 Å². The number of carboxylic acid groups (broad SMARTS) is 1. The van der Waals surface area contributed by atoms with Gasteiger partial charge in [-0.3, -0.25) is 4.79 Å². The van der Waals surface area contributed by atoms with Crippen molar-refractivity contribution in [2.45, 2.75) is 45.2 Å². The topological polar surface area (TPSA) is 60.9 Å². The van der Waals surface area contributed by atoms with Crippen LogP contribution in [-0.4, -0.2) is 63.6 Å². The predicted molar refractivity (Wildman–Crippen MR) is 77.6 cm³/mol. The van der Waals surface area contributed by atoms with Gasteiger partial charge in [0.25, 0.3) is 0 Å². The molecule has 1 N–H and O–H groups in total. The van der Waals surface area contributed by atoms with Gasteiger partial charge in [-0.2, -0.15) is 11.8 Å². The Morgan fingerprint density at radius 2 is 2.11 bits per heavy atom. The zero-order chi connectivity index (χ0) is 14.6. The molecule has 0 spiro atoms. The fraction of sp³-hybridized carbons (Fsp3) is 0.846. The molecule has 1 heterocycles. The highest BCUT2D eigenvalue weighted by atomic mass is 32.2. The molecule has 0 radical (unpaired) electrons. The lowest BCUT2D eigenvalue weighted by Gasteiger charge is -2.42. The molecule has 110 valence electrons. The quantitative estimate of drug-likeness (QED) is 0.861. The second-order valence-corrected chi connectivity index (χ2v) is 6.68. The molecule has 1 unspecified atom stereocenters. The van der Waals surface area contributed by atoms with Gasteiger partial charge in [0.2, 0.25) is 0 Å². The molecule has 1 rings (SSSR count). The van der Waals surface area contributed by atoms with Crippen LogP contribution in [0.4, 0.5) is 4.79 Å². The zero-order valence-corrected chi connectivity index (χ0v) is 13.0. The molecule has 0 bridgehead atoms. The minimum Gasteiger partial charge on any atom is -0.481 e. The van der Waals surface area contributed by atoms with Gasteiger partial charge in [0.05, 0.1) is 12.5 Å². The van der Waals surface area contributed by atoms with E-state index in [0.29, 0.717) is 12.3 Å². The van der Waals surface area contributed by atoms with Crippen LogP contribution in [0.2, 0.25) is 0 Å². The Morgan fingerprint density at radius 3 is 2.63 bits per heavy atom. The molecule has 1 atom stereocenters. The number of carboxylic acids is 1. The lowest BCUT2D eigenvalue weighted by Crippen LogP contribution is -2.56. The summed E-state index contributed by atoms with van der Waals surface area (Å²) in [6.07, 6.45) is 0.889. The van der Waals surface area contributed by atoms with Crippen molar-refractivity contribution in [2.75, 3.05) is 25.1 Å². The lowest BCUT2D eigenvalue weighted by molar-refractivity contribution is -0.138. The number of rotatable bonds is 4. The third-order valence-corrected chi connectivity index (χ3v) is 5.04. The van der Waals surface area contributed by atoms with Gasteiger partial charge in [0.1, 0.15) is 0 Å². The van der Waals surface area contributed by atoms with Crippen molar-refractivity contribution < 1.29 is 14.7 Å². The first-order valence-corrected chi connectivity index (χ1v) is 7.79. The summed E-state index contributed by atoms with van der Waals surface area (Å²) in [5.74, 6) is 0.739. The minimum atomic E-state index is -0.845. The van der Waals surface area contributed by atoms with E-state index in [-0.39, 0.29) is 24.0 Å². The molecule has 0 saturated carbocycles. The molecule has 2 amide bonds. The number of amides is 2. The largest absolute Gasteiger partial charge is 0.481 e. The van der Waals surface area contributed by atoms with Gasteiger partial charge in [0, 0.05) is 30.6 Å². The lowest BCUT2D eigenvalue weighted by atomic mass is 10.0. The number of aliphatic carboxylic acids is 1. The Bertz CT molecular complexity index is 347. The number of carbonyl (C=O) groups excluding carboxylic acids is 1. The number of hydrogen-bond acceptors (Lipinski definition) is 3. The molecule has 19 heavy (non-hydrogen) atoms. The maximum absolute atomic E-state index is 12.5. The maximum atomic E-state index is 12.5. The van der Waals surface area contributed by atoms with Crippen LogP contribution in [0, 0.1) is 0 Å². The third kappa shape index (κ3) is 4.03. The van der Waals surface area contributed by atoms with Crippen molar-refractivity contribution in [3.63, 3.8) is 0 Å². The zero-order valence-electron chi connectivity index (χ0n) is 12.2. The van der Waals surface area contributed by atoms with E-state index in [9.17, 15) is 9.59 Å². The molecule has 5 nitrogen and oxygen atoms in total. The summed E-state index contributed by atoms with van der Waals surface area (Å²) in [7, 11) is 1.80. The second-order valence-electron chi connectivity index (χ2n) is 5.53. The van der Waals surface area contributed by atoms with E-state index in [1.165, 1.54) is 0 Å². The summed E-state index contributed by atoms with van der Waals surface area (Å²) in [5.41, 5.74) is -0.213. The average molecular weight is 288 g/mol. The van der Waals surface area contributed by atoms with E-state index >= 15 is 0 Å². The molecular formula is C13H24N2O3S. The summed E-state index contributed by atoms with van der Waals surface area (Å²) in [6.45, 7) is 6.72. The molecule has 0 aliphatic carbocycles. The third-order valence-electron chi connectivity index (χ3n) is 3.94. The van der Waals surface area contributed by atoms with Gasteiger partial charge >= 0.3 is 12.0 Å². The highest BCUT2D eigenvalue weighted by molar-refractivity contribution is 7.99. The van der Waals surface area contributed by atoms with Crippen LogP contribution in [-0.2, 0) is 4.79 Å². The number of nitrogens with zero attached hydrogens (tertiary/aromatic N) is 2. The van der Waals surface area contributed by atoms with Gasteiger partial charge in [-0.1, -0.05) is 6.92 Å². The van der Waals surface area contributed by atoms with Crippen LogP contribution in [0.3, 0.4) is 0 Å². The molecule has 6 heteroatoms. The Hall–Kier alpha value is -0.910. The van der Waals surface area contributed by atoms with Gasteiger partial charge < -0.3 is 14.9 Å². The molecule has 1 aliphatic rings. The standard InChI is InChI=1S/C13H24N2O3S/c1-5-13(2,3)14(4)12(18)15-6-7-19-9-10(15)8-11(16)17/h10H,5-9H2,1-4H3,(H,16,17).